The quantitative estimate of drug-likeness (QED) is 0.460. The number of benzene rings is 2. The normalized spacial score (nSPS) is 12.0. The molecular formula is C21H17N3O3S. The lowest BCUT2D eigenvalue weighted by atomic mass is 9.99. The average Bonchev–Trinajstić information content (AvgIpc) is 3.09. The summed E-state index contributed by atoms with van der Waals surface area (Å²) in [4.78, 5) is 21.8. The summed E-state index contributed by atoms with van der Waals surface area (Å²) in [7, 11) is 0. The molecular weight excluding hydrogens is 374 g/mol. The van der Waals surface area contributed by atoms with E-state index in [1.54, 1.807) is 25.1 Å². The van der Waals surface area contributed by atoms with Gasteiger partial charge in [-0.2, -0.15) is 0 Å². The maximum absolute atomic E-state index is 11.3. The maximum Gasteiger partial charge on any atom is 0.325 e. The van der Waals surface area contributed by atoms with Crippen molar-refractivity contribution < 1.29 is 15.0 Å². The third-order valence-corrected chi connectivity index (χ3v) is 5.53. The Kier molecular flexibility index (Phi) is 4.67. The second-order valence-corrected chi connectivity index (χ2v) is 7.33. The number of fused-ring (bicyclic) bond motifs is 1. The number of nitrogens with zero attached hydrogens (tertiary/aromatic N) is 2. The van der Waals surface area contributed by atoms with Crippen LogP contribution in [0.4, 0.5) is 5.82 Å². The molecule has 7 heteroatoms. The fourth-order valence-electron chi connectivity index (χ4n) is 3.04. The van der Waals surface area contributed by atoms with Crippen LogP contribution < -0.4 is 5.32 Å². The highest BCUT2D eigenvalue weighted by molar-refractivity contribution is 7.22. The summed E-state index contributed by atoms with van der Waals surface area (Å²) in [6.45, 7) is 1.56. The number of aliphatic carboxylic acids is 1. The van der Waals surface area contributed by atoms with Crippen LogP contribution in [0.3, 0.4) is 0 Å². The van der Waals surface area contributed by atoms with Crippen molar-refractivity contribution >= 4 is 33.3 Å². The van der Waals surface area contributed by atoms with E-state index >= 15 is 0 Å². The number of hydrogen-bond acceptors (Lipinski definition) is 6. The van der Waals surface area contributed by atoms with Gasteiger partial charge in [-0.25, -0.2) is 9.97 Å². The molecule has 2 aromatic heterocycles. The first-order valence-corrected chi connectivity index (χ1v) is 9.48. The lowest BCUT2D eigenvalue weighted by Gasteiger charge is -2.12. The first kappa shape index (κ1) is 17.9. The molecule has 0 amide bonds. The van der Waals surface area contributed by atoms with Crippen LogP contribution in [0.2, 0.25) is 0 Å². The first-order chi connectivity index (χ1) is 13.5. The Morgan fingerprint density at radius 2 is 1.82 bits per heavy atom. The number of rotatable bonds is 5. The van der Waals surface area contributed by atoms with Crippen LogP contribution in [0.1, 0.15) is 6.92 Å². The second-order valence-electron chi connectivity index (χ2n) is 6.33. The molecule has 3 N–H and O–H groups in total. The fraction of sp³-hybridized carbons (Fsp3) is 0.0952. The molecule has 1 atom stereocenters. The topological polar surface area (TPSA) is 95.3 Å². The second kappa shape index (κ2) is 7.28. The summed E-state index contributed by atoms with van der Waals surface area (Å²) in [5.41, 5.74) is 2.69. The summed E-state index contributed by atoms with van der Waals surface area (Å²) < 4.78 is 0. The maximum atomic E-state index is 11.3. The zero-order valence-corrected chi connectivity index (χ0v) is 15.8. The van der Waals surface area contributed by atoms with Gasteiger partial charge >= 0.3 is 5.97 Å². The van der Waals surface area contributed by atoms with Crippen LogP contribution in [-0.4, -0.2) is 32.2 Å². The van der Waals surface area contributed by atoms with Crippen LogP contribution >= 0.6 is 11.3 Å². The van der Waals surface area contributed by atoms with Gasteiger partial charge in [-0.1, -0.05) is 42.5 Å². The van der Waals surface area contributed by atoms with Crippen LogP contribution in [-0.2, 0) is 4.79 Å². The molecule has 0 aliphatic rings. The number of aromatic nitrogens is 2. The zero-order valence-electron chi connectivity index (χ0n) is 15.0. The number of phenolic OH excluding ortho intramolecular Hbond substituents is 1. The number of carbonyl (C=O) groups is 1. The number of aromatic hydroxyl groups is 1. The molecule has 0 saturated carbocycles. The number of anilines is 1. The summed E-state index contributed by atoms with van der Waals surface area (Å²) in [6.07, 6.45) is 1.43. The SMILES string of the molecule is C[C@@H](Nc1ncnc2sc(-c3ccccc3)c(-c3cccc(O)c3)c12)C(=O)O. The molecule has 4 rings (SSSR count). The van der Waals surface area contributed by atoms with Crippen molar-refractivity contribution in [3.8, 4) is 27.3 Å². The van der Waals surface area contributed by atoms with E-state index in [1.807, 2.05) is 36.4 Å². The Bertz CT molecular complexity index is 1160. The largest absolute Gasteiger partial charge is 0.508 e. The number of carboxylic acids is 1. The highest BCUT2D eigenvalue weighted by atomic mass is 32.1. The van der Waals surface area contributed by atoms with E-state index in [0.29, 0.717) is 5.82 Å². The van der Waals surface area contributed by atoms with Crippen LogP contribution in [0.5, 0.6) is 5.75 Å². The van der Waals surface area contributed by atoms with Gasteiger partial charge in [0.05, 0.1) is 5.39 Å². The van der Waals surface area contributed by atoms with E-state index in [2.05, 4.69) is 15.3 Å². The smallest absolute Gasteiger partial charge is 0.325 e. The molecule has 0 radical (unpaired) electrons. The predicted octanol–water partition coefficient (Wildman–Crippen LogP) is 4.62. The van der Waals surface area contributed by atoms with Crippen molar-refractivity contribution in [3.05, 3.63) is 60.9 Å². The predicted molar refractivity (Wildman–Crippen MR) is 111 cm³/mol. The number of carboxylic acid groups (broad SMARTS) is 1. The van der Waals surface area contributed by atoms with E-state index in [0.717, 1.165) is 31.8 Å². The van der Waals surface area contributed by atoms with Crippen molar-refractivity contribution in [3.63, 3.8) is 0 Å². The molecule has 0 aliphatic heterocycles. The molecule has 0 unspecified atom stereocenters. The first-order valence-electron chi connectivity index (χ1n) is 8.66. The summed E-state index contributed by atoms with van der Waals surface area (Å²) in [5, 5.41) is 23.0. The van der Waals surface area contributed by atoms with Gasteiger partial charge < -0.3 is 15.5 Å². The summed E-state index contributed by atoms with van der Waals surface area (Å²) in [5.74, 6) is -0.359. The van der Waals surface area contributed by atoms with E-state index in [-0.39, 0.29) is 5.75 Å². The molecule has 28 heavy (non-hydrogen) atoms. The average molecular weight is 391 g/mol. The highest BCUT2D eigenvalue weighted by Crippen LogP contribution is 2.46. The molecule has 0 aliphatic carbocycles. The Morgan fingerprint density at radius 1 is 1.07 bits per heavy atom. The van der Waals surface area contributed by atoms with Crippen LogP contribution in [0.25, 0.3) is 31.8 Å². The lowest BCUT2D eigenvalue weighted by Crippen LogP contribution is -2.26. The van der Waals surface area contributed by atoms with E-state index in [4.69, 9.17) is 0 Å². The summed E-state index contributed by atoms with van der Waals surface area (Å²) in [6, 6.07) is 16.1. The lowest BCUT2D eigenvalue weighted by molar-refractivity contribution is -0.137. The van der Waals surface area contributed by atoms with Crippen molar-refractivity contribution in [2.24, 2.45) is 0 Å². The van der Waals surface area contributed by atoms with Crippen molar-refractivity contribution in [1.29, 1.82) is 0 Å². The molecule has 4 aromatic rings. The van der Waals surface area contributed by atoms with Gasteiger partial charge in [0.15, 0.2) is 0 Å². The van der Waals surface area contributed by atoms with Gasteiger partial charge in [-0.15, -0.1) is 11.3 Å². The standard InChI is InChI=1S/C21H17N3O3S/c1-12(21(26)27)24-19-17-16(14-8-5-9-15(25)10-14)18(13-6-3-2-4-7-13)28-20(17)23-11-22-19/h2-12,25H,1H3,(H,26,27)(H,22,23,24)/t12-/m1/s1. The van der Waals surface area contributed by atoms with Crippen LogP contribution in [0, 0.1) is 0 Å². The Labute approximate surface area is 165 Å². The minimum absolute atomic E-state index is 0.154. The van der Waals surface area contributed by atoms with Gasteiger partial charge in [0, 0.05) is 10.4 Å². The third kappa shape index (κ3) is 3.27. The van der Waals surface area contributed by atoms with Crippen molar-refractivity contribution in [2.75, 3.05) is 5.32 Å². The molecule has 0 bridgehead atoms. The number of thiophene rings is 1. The highest BCUT2D eigenvalue weighted by Gasteiger charge is 2.22. The minimum atomic E-state index is -0.968. The molecule has 0 spiro atoms. The zero-order chi connectivity index (χ0) is 19.7. The van der Waals surface area contributed by atoms with E-state index in [1.165, 1.54) is 17.7 Å². The van der Waals surface area contributed by atoms with Crippen molar-refractivity contribution in [2.45, 2.75) is 13.0 Å². The van der Waals surface area contributed by atoms with Gasteiger partial charge in [0.2, 0.25) is 0 Å². The van der Waals surface area contributed by atoms with Gasteiger partial charge in [0.25, 0.3) is 0 Å². The fourth-order valence-corrected chi connectivity index (χ4v) is 4.21. The monoisotopic (exact) mass is 391 g/mol. The molecule has 6 nitrogen and oxygen atoms in total. The molecule has 2 heterocycles. The number of phenols is 1. The van der Waals surface area contributed by atoms with Gasteiger partial charge in [0.1, 0.15) is 28.8 Å². The van der Waals surface area contributed by atoms with Crippen LogP contribution in [0.15, 0.2) is 60.9 Å². The summed E-state index contributed by atoms with van der Waals surface area (Å²) >= 11 is 1.51. The molecule has 0 saturated heterocycles. The molecule has 2 aromatic carbocycles. The Morgan fingerprint density at radius 3 is 2.54 bits per heavy atom. The molecule has 0 fully saturated rings. The third-order valence-electron chi connectivity index (χ3n) is 4.38. The Hall–Kier alpha value is -3.45. The number of nitrogens with one attached hydrogen (secondary N) is 1. The van der Waals surface area contributed by atoms with Crippen molar-refractivity contribution in [1.82, 2.24) is 9.97 Å². The van der Waals surface area contributed by atoms with Gasteiger partial charge in [-0.3, -0.25) is 4.79 Å². The van der Waals surface area contributed by atoms with E-state index in [9.17, 15) is 15.0 Å². The number of hydrogen-bond donors (Lipinski definition) is 3. The van der Waals surface area contributed by atoms with Gasteiger partial charge in [-0.05, 0) is 30.2 Å². The minimum Gasteiger partial charge on any atom is -0.508 e. The molecule has 140 valence electrons. The van der Waals surface area contributed by atoms with E-state index < -0.39 is 12.0 Å². The Balaban J connectivity index is 2.02.